The Morgan fingerprint density at radius 1 is 1.36 bits per heavy atom. The third-order valence-corrected chi connectivity index (χ3v) is 4.11. The number of phenolic OH excluding ortho intramolecular Hbond substituents is 1. The molecule has 0 radical (unpaired) electrons. The molecule has 4 unspecified atom stereocenters. The Bertz CT molecular complexity index is 527. The summed E-state index contributed by atoms with van der Waals surface area (Å²) in [6.07, 6.45) is -0.663. The molecule has 1 heterocycles. The van der Waals surface area contributed by atoms with Gasteiger partial charge in [0.2, 0.25) is 0 Å². The lowest BCUT2D eigenvalue weighted by molar-refractivity contribution is -0.141. The lowest BCUT2D eigenvalue weighted by Crippen LogP contribution is -2.33. The van der Waals surface area contributed by atoms with E-state index < -0.39 is 6.23 Å². The Morgan fingerprint density at radius 3 is 2.64 bits per heavy atom. The van der Waals surface area contributed by atoms with E-state index in [9.17, 15) is 15.0 Å². The van der Waals surface area contributed by atoms with Crippen LogP contribution < -0.4 is 15.6 Å². The van der Waals surface area contributed by atoms with Crippen LogP contribution in [0.4, 0.5) is 0 Å². The largest absolute Gasteiger partial charge is 0.504 e. The number of aromatic hydroxyl groups is 1. The second-order valence-electron chi connectivity index (χ2n) is 5.42. The van der Waals surface area contributed by atoms with Crippen LogP contribution in [0.5, 0.6) is 11.5 Å². The van der Waals surface area contributed by atoms with Crippen LogP contribution in [0.2, 0.25) is 0 Å². The monoisotopic (exact) mass is 310 g/mol. The highest BCUT2D eigenvalue weighted by atomic mass is 16.5. The molecule has 1 aromatic carbocycles. The number of methoxy groups -OCH3 is 2. The van der Waals surface area contributed by atoms with Crippen molar-refractivity contribution >= 4 is 5.97 Å². The fraction of sp³-hybridized carbons (Fsp3) is 0.533. The van der Waals surface area contributed by atoms with Crippen LogP contribution in [-0.2, 0) is 9.53 Å². The molecule has 122 valence electrons. The predicted octanol–water partition coefficient (Wildman–Crippen LogP) is 0.478. The molecular weight excluding hydrogens is 288 g/mol. The number of aliphatic hydroxyl groups excluding tert-OH is 1. The minimum Gasteiger partial charge on any atom is -0.504 e. The zero-order chi connectivity index (χ0) is 16.3. The van der Waals surface area contributed by atoms with E-state index in [1.54, 1.807) is 12.1 Å². The van der Waals surface area contributed by atoms with Gasteiger partial charge in [0.05, 0.1) is 20.6 Å². The number of rotatable bonds is 5. The summed E-state index contributed by atoms with van der Waals surface area (Å²) >= 11 is 0. The molecule has 0 amide bonds. The van der Waals surface area contributed by atoms with Gasteiger partial charge in [-0.2, -0.15) is 0 Å². The standard InChI is InChI=1S/C15H22N2O5/c1-8-14(15(20)17-16-8)10(7-13(19)22-3)9-4-5-11(18)12(6-9)21-2/h4-6,8,10,14-18,20H,7H2,1-3H3. The summed E-state index contributed by atoms with van der Waals surface area (Å²) in [5, 5.41) is 19.9. The number of hydrogen-bond acceptors (Lipinski definition) is 7. The summed E-state index contributed by atoms with van der Waals surface area (Å²) in [5.41, 5.74) is 6.53. The van der Waals surface area contributed by atoms with Gasteiger partial charge in [0.15, 0.2) is 11.5 Å². The Balaban J connectivity index is 2.37. The van der Waals surface area contributed by atoms with Gasteiger partial charge in [0.25, 0.3) is 0 Å². The smallest absolute Gasteiger partial charge is 0.306 e. The number of carbonyl (C=O) groups is 1. The molecule has 7 heteroatoms. The average molecular weight is 310 g/mol. The highest BCUT2D eigenvalue weighted by Gasteiger charge is 2.39. The van der Waals surface area contributed by atoms with E-state index in [1.807, 2.05) is 6.92 Å². The molecule has 1 fully saturated rings. The number of carbonyl (C=O) groups excluding carboxylic acids is 1. The molecular formula is C15H22N2O5. The fourth-order valence-electron chi connectivity index (χ4n) is 2.92. The first-order valence-electron chi connectivity index (χ1n) is 7.10. The van der Waals surface area contributed by atoms with Gasteiger partial charge in [-0.05, 0) is 24.6 Å². The first-order chi connectivity index (χ1) is 10.5. The van der Waals surface area contributed by atoms with Crippen molar-refractivity contribution in [3.8, 4) is 11.5 Å². The molecule has 22 heavy (non-hydrogen) atoms. The molecule has 1 saturated heterocycles. The fourth-order valence-corrected chi connectivity index (χ4v) is 2.92. The Labute approximate surface area is 129 Å². The van der Waals surface area contributed by atoms with E-state index in [4.69, 9.17) is 9.47 Å². The molecule has 0 aromatic heterocycles. The number of aliphatic hydroxyl groups is 1. The molecule has 0 saturated carbocycles. The Kier molecular flexibility index (Phi) is 5.23. The third kappa shape index (κ3) is 3.32. The molecule has 4 N–H and O–H groups in total. The van der Waals surface area contributed by atoms with Gasteiger partial charge in [-0.25, -0.2) is 5.43 Å². The van der Waals surface area contributed by atoms with Gasteiger partial charge in [0.1, 0.15) is 6.23 Å². The van der Waals surface area contributed by atoms with Crippen LogP contribution in [-0.4, -0.2) is 42.7 Å². The number of esters is 1. The van der Waals surface area contributed by atoms with Gasteiger partial charge in [0, 0.05) is 17.9 Å². The maximum absolute atomic E-state index is 11.8. The van der Waals surface area contributed by atoms with Crippen molar-refractivity contribution in [2.24, 2.45) is 5.92 Å². The Hall–Kier alpha value is -1.83. The van der Waals surface area contributed by atoms with Crippen LogP contribution in [0.15, 0.2) is 18.2 Å². The van der Waals surface area contributed by atoms with Gasteiger partial charge >= 0.3 is 5.97 Å². The first-order valence-corrected chi connectivity index (χ1v) is 7.10. The summed E-state index contributed by atoms with van der Waals surface area (Å²) in [6.45, 7) is 1.93. The normalized spacial score (nSPS) is 25.7. The van der Waals surface area contributed by atoms with Gasteiger partial charge in [-0.1, -0.05) is 6.07 Å². The van der Waals surface area contributed by atoms with E-state index in [0.29, 0.717) is 5.75 Å². The van der Waals surface area contributed by atoms with Crippen molar-refractivity contribution in [1.29, 1.82) is 0 Å². The van der Waals surface area contributed by atoms with Crippen molar-refractivity contribution < 1.29 is 24.5 Å². The number of hydrazine groups is 1. The molecule has 0 aliphatic carbocycles. The molecule has 4 atom stereocenters. The third-order valence-electron chi connectivity index (χ3n) is 4.11. The lowest BCUT2D eigenvalue weighted by atomic mass is 9.79. The number of hydrogen-bond donors (Lipinski definition) is 4. The maximum Gasteiger partial charge on any atom is 0.306 e. The minimum absolute atomic E-state index is 0.0272. The number of ether oxygens (including phenoxy) is 2. The highest BCUT2D eigenvalue weighted by Crippen LogP contribution is 2.38. The molecule has 7 nitrogen and oxygen atoms in total. The van der Waals surface area contributed by atoms with Gasteiger partial charge < -0.3 is 19.7 Å². The van der Waals surface area contributed by atoms with Gasteiger partial charge in [-0.3, -0.25) is 10.2 Å². The highest BCUT2D eigenvalue weighted by molar-refractivity contribution is 5.70. The van der Waals surface area contributed by atoms with Crippen LogP contribution in [0.3, 0.4) is 0 Å². The molecule has 1 aromatic rings. The quantitative estimate of drug-likeness (QED) is 0.587. The maximum atomic E-state index is 11.8. The molecule has 1 aliphatic heterocycles. The molecule has 0 bridgehead atoms. The summed E-state index contributed by atoms with van der Waals surface area (Å²) in [7, 11) is 2.80. The zero-order valence-corrected chi connectivity index (χ0v) is 12.9. The SMILES string of the molecule is COC(=O)CC(c1ccc(O)c(OC)c1)C1C(C)NNC1O. The number of phenols is 1. The van der Waals surface area contributed by atoms with Crippen molar-refractivity contribution in [3.63, 3.8) is 0 Å². The average Bonchev–Trinajstić information content (AvgIpc) is 2.84. The van der Waals surface area contributed by atoms with Crippen LogP contribution in [0, 0.1) is 5.92 Å². The van der Waals surface area contributed by atoms with E-state index in [2.05, 4.69) is 10.9 Å². The van der Waals surface area contributed by atoms with Crippen molar-refractivity contribution in [1.82, 2.24) is 10.9 Å². The van der Waals surface area contributed by atoms with Crippen LogP contribution in [0.1, 0.15) is 24.8 Å². The van der Waals surface area contributed by atoms with E-state index >= 15 is 0 Å². The van der Waals surface area contributed by atoms with Crippen molar-refractivity contribution in [3.05, 3.63) is 23.8 Å². The molecule has 1 aliphatic rings. The van der Waals surface area contributed by atoms with E-state index in [0.717, 1.165) is 5.56 Å². The second kappa shape index (κ2) is 6.95. The Morgan fingerprint density at radius 2 is 2.09 bits per heavy atom. The van der Waals surface area contributed by atoms with E-state index in [-0.39, 0.29) is 36.0 Å². The van der Waals surface area contributed by atoms with Crippen molar-refractivity contribution in [2.45, 2.75) is 31.5 Å². The predicted molar refractivity (Wildman–Crippen MR) is 79.3 cm³/mol. The first kappa shape index (κ1) is 16.5. The molecule has 2 rings (SSSR count). The topological polar surface area (TPSA) is 100 Å². The summed E-state index contributed by atoms with van der Waals surface area (Å²) in [4.78, 5) is 11.8. The summed E-state index contributed by atoms with van der Waals surface area (Å²) < 4.78 is 9.89. The second-order valence-corrected chi connectivity index (χ2v) is 5.42. The van der Waals surface area contributed by atoms with Crippen molar-refractivity contribution in [2.75, 3.05) is 14.2 Å². The summed E-state index contributed by atoms with van der Waals surface area (Å²) in [6, 6.07) is 4.89. The van der Waals surface area contributed by atoms with E-state index in [1.165, 1.54) is 20.3 Å². The lowest BCUT2D eigenvalue weighted by Gasteiger charge is -2.28. The zero-order valence-electron chi connectivity index (χ0n) is 12.9. The van der Waals surface area contributed by atoms with Crippen LogP contribution in [0.25, 0.3) is 0 Å². The number of benzene rings is 1. The van der Waals surface area contributed by atoms with Crippen LogP contribution >= 0.6 is 0 Å². The van der Waals surface area contributed by atoms with Gasteiger partial charge in [-0.15, -0.1) is 0 Å². The molecule has 0 spiro atoms. The summed E-state index contributed by atoms with van der Waals surface area (Å²) in [5.74, 6) is -0.515. The minimum atomic E-state index is -0.788. The number of nitrogens with one attached hydrogen (secondary N) is 2.